The quantitative estimate of drug-likeness (QED) is 0.131. The molecule has 4 nitrogen and oxygen atoms in total. The highest BCUT2D eigenvalue weighted by Crippen LogP contribution is 2.23. The van der Waals surface area contributed by atoms with Crippen molar-refractivity contribution in [3.63, 3.8) is 0 Å². The summed E-state index contributed by atoms with van der Waals surface area (Å²) in [6.45, 7) is 13.1. The summed E-state index contributed by atoms with van der Waals surface area (Å²) in [7, 11) is 0. The molecular formula is C26H48O4. The first-order chi connectivity index (χ1) is 14.3. The molecule has 0 fully saturated rings. The Morgan fingerprint density at radius 3 is 1.33 bits per heavy atom. The van der Waals surface area contributed by atoms with Gasteiger partial charge in [-0.05, 0) is 37.5 Å². The maximum Gasteiger partial charge on any atom is 0.334 e. The minimum atomic E-state index is -0.340. The van der Waals surface area contributed by atoms with Gasteiger partial charge in [-0.3, -0.25) is 0 Å². The smallest absolute Gasteiger partial charge is 0.334 e. The second-order valence-corrected chi connectivity index (χ2v) is 9.27. The van der Waals surface area contributed by atoms with Gasteiger partial charge in [-0.15, -0.1) is 0 Å². The first kappa shape index (κ1) is 28.7. The van der Waals surface area contributed by atoms with Crippen LogP contribution >= 0.6 is 0 Å². The highest BCUT2D eigenvalue weighted by molar-refractivity contribution is 6.00. The molecule has 0 radical (unpaired) electrons. The third-order valence-electron chi connectivity index (χ3n) is 5.01. The van der Waals surface area contributed by atoms with E-state index >= 15 is 0 Å². The SMILES string of the molecule is CCCCCCCCCCC(C(=O)OCC(C)C)=C(CCCC)C(=O)OCC(C)C. The maximum absolute atomic E-state index is 12.8. The normalized spacial score (nSPS) is 12.3. The number of hydrogen-bond donors (Lipinski definition) is 0. The van der Waals surface area contributed by atoms with Crippen molar-refractivity contribution < 1.29 is 19.1 Å². The molecule has 0 saturated heterocycles. The van der Waals surface area contributed by atoms with Gasteiger partial charge in [-0.1, -0.05) is 92.9 Å². The molecule has 0 unspecified atom stereocenters. The predicted molar refractivity (Wildman–Crippen MR) is 125 cm³/mol. The van der Waals surface area contributed by atoms with Crippen LogP contribution in [0.4, 0.5) is 0 Å². The summed E-state index contributed by atoms with van der Waals surface area (Å²) in [4.78, 5) is 25.6. The van der Waals surface area contributed by atoms with E-state index in [0.717, 1.165) is 25.7 Å². The van der Waals surface area contributed by atoms with Crippen LogP contribution in [0.5, 0.6) is 0 Å². The standard InChI is InChI=1S/C26H48O4/c1-7-9-11-12-13-14-15-16-18-24(26(28)30-20-22(5)6)23(17-10-8-2)25(27)29-19-21(3)4/h21-22H,7-20H2,1-6H3. The van der Waals surface area contributed by atoms with Crippen molar-refractivity contribution in [3.8, 4) is 0 Å². The van der Waals surface area contributed by atoms with E-state index in [1.165, 1.54) is 38.5 Å². The number of carbonyl (C=O) groups excluding carboxylic acids is 2. The van der Waals surface area contributed by atoms with E-state index in [9.17, 15) is 9.59 Å². The number of carbonyl (C=O) groups is 2. The van der Waals surface area contributed by atoms with Gasteiger partial charge in [0.25, 0.3) is 0 Å². The van der Waals surface area contributed by atoms with Crippen molar-refractivity contribution >= 4 is 11.9 Å². The lowest BCUT2D eigenvalue weighted by molar-refractivity contribution is -0.143. The van der Waals surface area contributed by atoms with Crippen LogP contribution in [0.25, 0.3) is 0 Å². The molecule has 0 aromatic heterocycles. The number of esters is 2. The number of ether oxygens (including phenoxy) is 2. The Kier molecular flexibility index (Phi) is 17.6. The fourth-order valence-corrected chi connectivity index (χ4v) is 3.20. The monoisotopic (exact) mass is 424 g/mol. The molecule has 0 N–H and O–H groups in total. The molecule has 0 aromatic rings. The Morgan fingerprint density at radius 1 is 0.567 bits per heavy atom. The van der Waals surface area contributed by atoms with Crippen molar-refractivity contribution in [1.82, 2.24) is 0 Å². The van der Waals surface area contributed by atoms with Crippen LogP contribution in [0.3, 0.4) is 0 Å². The molecule has 0 spiro atoms. The minimum absolute atomic E-state index is 0.269. The Morgan fingerprint density at radius 2 is 0.933 bits per heavy atom. The van der Waals surface area contributed by atoms with Crippen molar-refractivity contribution in [3.05, 3.63) is 11.1 Å². The third-order valence-corrected chi connectivity index (χ3v) is 5.01. The van der Waals surface area contributed by atoms with E-state index in [1.54, 1.807) is 0 Å². The number of rotatable bonds is 18. The van der Waals surface area contributed by atoms with Crippen LogP contribution in [0.1, 0.15) is 119 Å². The fraction of sp³-hybridized carbons (Fsp3) is 0.846. The molecule has 0 rings (SSSR count). The van der Waals surface area contributed by atoms with Gasteiger partial charge in [0.05, 0.1) is 13.2 Å². The summed E-state index contributed by atoms with van der Waals surface area (Å²) in [5, 5.41) is 0. The second kappa shape index (κ2) is 18.4. The zero-order chi connectivity index (χ0) is 22.8. The maximum atomic E-state index is 12.8. The summed E-state index contributed by atoms with van der Waals surface area (Å²) >= 11 is 0. The van der Waals surface area contributed by atoms with Gasteiger partial charge in [0, 0.05) is 11.1 Å². The summed E-state index contributed by atoms with van der Waals surface area (Å²) < 4.78 is 11.0. The zero-order valence-corrected chi connectivity index (χ0v) is 20.7. The molecule has 176 valence electrons. The fourth-order valence-electron chi connectivity index (χ4n) is 3.20. The van der Waals surface area contributed by atoms with Crippen LogP contribution in [-0.4, -0.2) is 25.2 Å². The highest BCUT2D eigenvalue weighted by Gasteiger charge is 2.23. The van der Waals surface area contributed by atoms with E-state index < -0.39 is 0 Å². The molecule has 0 atom stereocenters. The minimum Gasteiger partial charge on any atom is -0.462 e. The summed E-state index contributed by atoms with van der Waals surface area (Å²) in [5.41, 5.74) is 1.08. The molecular weight excluding hydrogens is 376 g/mol. The Bertz CT molecular complexity index is 491. The van der Waals surface area contributed by atoms with Gasteiger partial charge in [0.2, 0.25) is 0 Å². The van der Waals surface area contributed by atoms with E-state index in [2.05, 4.69) is 13.8 Å². The number of unbranched alkanes of at least 4 members (excludes halogenated alkanes) is 8. The van der Waals surface area contributed by atoms with Crippen LogP contribution in [-0.2, 0) is 19.1 Å². The Labute approximate surface area is 186 Å². The van der Waals surface area contributed by atoms with Crippen LogP contribution in [0, 0.1) is 11.8 Å². The molecule has 0 bridgehead atoms. The lowest BCUT2D eigenvalue weighted by Gasteiger charge is -2.16. The molecule has 0 aliphatic carbocycles. The van der Waals surface area contributed by atoms with Crippen molar-refractivity contribution in [2.75, 3.05) is 13.2 Å². The van der Waals surface area contributed by atoms with E-state index in [0.29, 0.717) is 37.2 Å². The molecule has 0 aliphatic heterocycles. The summed E-state index contributed by atoms with van der Waals surface area (Å²) in [5.74, 6) is -0.136. The zero-order valence-electron chi connectivity index (χ0n) is 20.7. The Hall–Kier alpha value is -1.32. The number of hydrogen-bond acceptors (Lipinski definition) is 4. The highest BCUT2D eigenvalue weighted by atomic mass is 16.5. The largest absolute Gasteiger partial charge is 0.462 e. The average Bonchev–Trinajstić information content (AvgIpc) is 2.70. The molecule has 4 heteroatoms. The predicted octanol–water partition coefficient (Wildman–Crippen LogP) is 7.40. The molecule has 0 saturated carbocycles. The van der Waals surface area contributed by atoms with Crippen molar-refractivity contribution in [2.45, 2.75) is 119 Å². The van der Waals surface area contributed by atoms with Gasteiger partial charge in [0.15, 0.2) is 0 Å². The van der Waals surface area contributed by atoms with Crippen LogP contribution < -0.4 is 0 Å². The molecule has 30 heavy (non-hydrogen) atoms. The van der Waals surface area contributed by atoms with Gasteiger partial charge in [-0.2, -0.15) is 0 Å². The Balaban J connectivity index is 5.14. The van der Waals surface area contributed by atoms with Crippen molar-refractivity contribution in [2.24, 2.45) is 11.8 Å². The van der Waals surface area contributed by atoms with Crippen LogP contribution in [0.2, 0.25) is 0 Å². The lowest BCUT2D eigenvalue weighted by atomic mass is 9.96. The second-order valence-electron chi connectivity index (χ2n) is 9.27. The third kappa shape index (κ3) is 14.6. The topological polar surface area (TPSA) is 52.6 Å². The molecule has 0 amide bonds. The molecule has 0 aliphatic rings. The van der Waals surface area contributed by atoms with E-state index in [-0.39, 0.29) is 23.8 Å². The van der Waals surface area contributed by atoms with Gasteiger partial charge in [0.1, 0.15) is 0 Å². The lowest BCUT2D eigenvalue weighted by Crippen LogP contribution is -2.20. The van der Waals surface area contributed by atoms with Crippen molar-refractivity contribution in [1.29, 1.82) is 0 Å². The van der Waals surface area contributed by atoms with E-state index in [4.69, 9.17) is 9.47 Å². The first-order valence-electron chi connectivity index (χ1n) is 12.4. The summed E-state index contributed by atoms with van der Waals surface area (Å²) in [6, 6.07) is 0. The molecule has 0 aromatic carbocycles. The van der Waals surface area contributed by atoms with Gasteiger partial charge in [-0.25, -0.2) is 9.59 Å². The average molecular weight is 425 g/mol. The first-order valence-corrected chi connectivity index (χ1v) is 12.4. The van der Waals surface area contributed by atoms with E-state index in [1.807, 2.05) is 27.7 Å². The van der Waals surface area contributed by atoms with Gasteiger partial charge < -0.3 is 9.47 Å². The van der Waals surface area contributed by atoms with Crippen LogP contribution in [0.15, 0.2) is 11.1 Å². The summed E-state index contributed by atoms with van der Waals surface area (Å²) in [6.07, 6.45) is 12.6. The molecule has 0 heterocycles. The van der Waals surface area contributed by atoms with Gasteiger partial charge >= 0.3 is 11.9 Å².